The van der Waals surface area contributed by atoms with Crippen molar-refractivity contribution in [3.05, 3.63) is 36.5 Å². The van der Waals surface area contributed by atoms with E-state index in [1.807, 2.05) is 18.3 Å². The first-order valence-corrected chi connectivity index (χ1v) is 11.1. The predicted octanol–water partition coefficient (Wildman–Crippen LogP) is 4.33. The van der Waals surface area contributed by atoms with Crippen LogP contribution in [0, 0.1) is 5.92 Å². The zero-order valence-electron chi connectivity index (χ0n) is 19.0. The van der Waals surface area contributed by atoms with E-state index in [-0.39, 0.29) is 0 Å². The number of piperidine rings is 1. The van der Waals surface area contributed by atoms with Gasteiger partial charge in [-0.1, -0.05) is 0 Å². The Labute approximate surface area is 188 Å². The Balaban J connectivity index is 1.35. The molecule has 1 aromatic carbocycles. The molecule has 8 nitrogen and oxygen atoms in total. The Morgan fingerprint density at radius 2 is 2.06 bits per heavy atom. The highest BCUT2D eigenvalue weighted by atomic mass is 16.7. The quantitative estimate of drug-likeness (QED) is 0.435. The number of nitrogens with one attached hydrogen (secondary N) is 1. The average Bonchev–Trinajstić information content (AvgIpc) is 3.24. The molecule has 170 valence electrons. The van der Waals surface area contributed by atoms with Crippen LogP contribution in [0.4, 0.5) is 10.6 Å². The average molecular weight is 438 g/mol. The molecular formula is C24H31N5O3. The maximum atomic E-state index is 11.3. The van der Waals surface area contributed by atoms with Crippen molar-refractivity contribution in [1.82, 2.24) is 19.9 Å². The van der Waals surface area contributed by atoms with E-state index in [0.717, 1.165) is 40.7 Å². The van der Waals surface area contributed by atoms with Gasteiger partial charge in [-0.15, -0.1) is 0 Å². The van der Waals surface area contributed by atoms with Gasteiger partial charge < -0.3 is 24.3 Å². The van der Waals surface area contributed by atoms with Crippen molar-refractivity contribution >= 4 is 23.0 Å². The lowest BCUT2D eigenvalue weighted by atomic mass is 9.92. The molecule has 0 saturated carbocycles. The highest BCUT2D eigenvalue weighted by Gasteiger charge is 2.16. The number of hydrogen-bond acceptors (Lipinski definition) is 7. The molecule has 1 saturated heterocycles. The normalized spacial score (nSPS) is 15.1. The number of anilines is 1. The van der Waals surface area contributed by atoms with Gasteiger partial charge in [0.1, 0.15) is 17.4 Å². The number of rotatable bonds is 7. The van der Waals surface area contributed by atoms with E-state index in [9.17, 15) is 4.79 Å². The third-order valence-corrected chi connectivity index (χ3v) is 6.18. The molecule has 0 unspecified atom stereocenters. The van der Waals surface area contributed by atoms with Crippen molar-refractivity contribution < 1.29 is 14.3 Å². The van der Waals surface area contributed by atoms with Gasteiger partial charge in [0.15, 0.2) is 0 Å². The van der Waals surface area contributed by atoms with Gasteiger partial charge in [0.25, 0.3) is 0 Å². The van der Waals surface area contributed by atoms with Gasteiger partial charge in [-0.3, -0.25) is 0 Å². The fourth-order valence-corrected chi connectivity index (χ4v) is 4.16. The summed E-state index contributed by atoms with van der Waals surface area (Å²) in [6.07, 6.45) is 6.21. The second kappa shape index (κ2) is 9.99. The van der Waals surface area contributed by atoms with Gasteiger partial charge in [0, 0.05) is 31.4 Å². The van der Waals surface area contributed by atoms with Crippen LogP contribution in [-0.2, 0) is 4.74 Å². The lowest BCUT2D eigenvalue weighted by Crippen LogP contribution is -2.30. The first-order valence-electron chi connectivity index (χ1n) is 11.1. The third-order valence-electron chi connectivity index (χ3n) is 6.18. The number of ether oxygens (including phenoxy) is 2. The Bertz CT molecular complexity index is 1040. The lowest BCUT2D eigenvalue weighted by Gasteiger charge is -2.29. The zero-order chi connectivity index (χ0) is 22.5. The Hall–Kier alpha value is -3.13. The number of fused-ring (bicyclic) bond motifs is 1. The second-order valence-corrected chi connectivity index (χ2v) is 8.54. The number of carbonyl (C=O) groups excluding carboxylic acids is 1. The van der Waals surface area contributed by atoms with Gasteiger partial charge in [-0.2, -0.15) is 0 Å². The van der Waals surface area contributed by atoms with Crippen LogP contribution in [0.2, 0.25) is 0 Å². The summed E-state index contributed by atoms with van der Waals surface area (Å²) in [4.78, 5) is 28.5. The topological polar surface area (TPSA) is 83.6 Å². The number of pyridine rings is 1. The number of imidazole rings is 1. The number of hydrogen-bond donors (Lipinski definition) is 1. The monoisotopic (exact) mass is 437 g/mol. The zero-order valence-corrected chi connectivity index (χ0v) is 19.0. The summed E-state index contributed by atoms with van der Waals surface area (Å²) in [5.74, 6) is 2.94. The number of H-pyrrole nitrogens is 1. The summed E-state index contributed by atoms with van der Waals surface area (Å²) in [5.41, 5.74) is 2.46. The molecule has 0 radical (unpaired) electrons. The third kappa shape index (κ3) is 5.37. The van der Waals surface area contributed by atoms with E-state index in [4.69, 9.17) is 4.74 Å². The number of aromatic nitrogens is 3. The summed E-state index contributed by atoms with van der Waals surface area (Å²) in [7, 11) is 5.58. The predicted molar refractivity (Wildman–Crippen MR) is 125 cm³/mol. The van der Waals surface area contributed by atoms with Crippen molar-refractivity contribution in [2.24, 2.45) is 5.92 Å². The standard InChI is InChI=1S/C24H31N5O3/c1-28-13-10-17(11-14-28)5-4-12-29(2)22-9-6-18(16-25-22)23-26-20-8-7-19(15-21(20)27-23)32-24(30)31-3/h6-9,15-17H,4-5,10-14H2,1-3H3,(H,26,27). The minimum Gasteiger partial charge on any atom is -0.437 e. The fourth-order valence-electron chi connectivity index (χ4n) is 4.16. The number of methoxy groups -OCH3 is 1. The molecule has 3 heterocycles. The Kier molecular flexibility index (Phi) is 6.90. The van der Waals surface area contributed by atoms with Gasteiger partial charge in [0.05, 0.1) is 18.1 Å². The van der Waals surface area contributed by atoms with E-state index in [1.54, 1.807) is 18.2 Å². The second-order valence-electron chi connectivity index (χ2n) is 8.54. The maximum Gasteiger partial charge on any atom is 0.513 e. The van der Waals surface area contributed by atoms with Gasteiger partial charge in [-0.25, -0.2) is 14.8 Å². The molecule has 1 aliphatic heterocycles. The van der Waals surface area contributed by atoms with E-state index < -0.39 is 6.16 Å². The molecule has 8 heteroatoms. The Morgan fingerprint density at radius 1 is 1.25 bits per heavy atom. The van der Waals surface area contributed by atoms with Crippen LogP contribution in [0.25, 0.3) is 22.4 Å². The largest absolute Gasteiger partial charge is 0.513 e. The molecule has 0 atom stereocenters. The van der Waals surface area contributed by atoms with Gasteiger partial charge in [-0.05, 0) is 76.0 Å². The summed E-state index contributed by atoms with van der Waals surface area (Å²) in [6.45, 7) is 3.46. The van der Waals surface area contributed by atoms with Crippen molar-refractivity contribution in [2.75, 3.05) is 45.7 Å². The summed E-state index contributed by atoms with van der Waals surface area (Å²) in [5, 5.41) is 0. The number of carbonyl (C=O) groups is 1. The molecule has 0 bridgehead atoms. The van der Waals surface area contributed by atoms with Gasteiger partial charge in [0.2, 0.25) is 0 Å². The molecule has 2 aromatic heterocycles. The lowest BCUT2D eigenvalue weighted by molar-refractivity contribution is 0.121. The highest BCUT2D eigenvalue weighted by Crippen LogP contribution is 2.25. The number of likely N-dealkylation sites (tertiary alicyclic amines) is 1. The first kappa shape index (κ1) is 22.1. The molecule has 1 fully saturated rings. The minimum absolute atomic E-state index is 0.398. The molecule has 1 aliphatic rings. The molecule has 32 heavy (non-hydrogen) atoms. The first-order chi connectivity index (χ1) is 15.5. The van der Waals surface area contributed by atoms with Crippen LogP contribution in [0.5, 0.6) is 5.75 Å². The number of aromatic amines is 1. The van der Waals surface area contributed by atoms with Crippen molar-refractivity contribution in [1.29, 1.82) is 0 Å². The van der Waals surface area contributed by atoms with Crippen LogP contribution in [0.1, 0.15) is 25.7 Å². The van der Waals surface area contributed by atoms with Crippen LogP contribution in [-0.4, -0.2) is 66.8 Å². The van der Waals surface area contributed by atoms with Crippen molar-refractivity contribution in [3.63, 3.8) is 0 Å². The van der Waals surface area contributed by atoms with Crippen LogP contribution in [0.3, 0.4) is 0 Å². The molecule has 3 aromatic rings. The number of nitrogens with zero attached hydrogens (tertiary/aromatic N) is 4. The maximum absolute atomic E-state index is 11.3. The van der Waals surface area contributed by atoms with Crippen molar-refractivity contribution in [2.45, 2.75) is 25.7 Å². The molecule has 0 spiro atoms. The van der Waals surface area contributed by atoms with Crippen LogP contribution >= 0.6 is 0 Å². The minimum atomic E-state index is -0.751. The Morgan fingerprint density at radius 3 is 2.78 bits per heavy atom. The smallest absolute Gasteiger partial charge is 0.437 e. The summed E-state index contributed by atoms with van der Waals surface area (Å²) < 4.78 is 9.60. The van der Waals surface area contributed by atoms with E-state index in [2.05, 4.69) is 43.6 Å². The molecule has 0 aliphatic carbocycles. The summed E-state index contributed by atoms with van der Waals surface area (Å²) >= 11 is 0. The van der Waals surface area contributed by atoms with Crippen LogP contribution < -0.4 is 9.64 Å². The van der Waals surface area contributed by atoms with Crippen molar-refractivity contribution in [3.8, 4) is 17.1 Å². The van der Waals surface area contributed by atoms with Gasteiger partial charge >= 0.3 is 6.16 Å². The van der Waals surface area contributed by atoms with Crippen LogP contribution in [0.15, 0.2) is 36.5 Å². The molecule has 0 amide bonds. The molecular weight excluding hydrogens is 406 g/mol. The molecule has 1 N–H and O–H groups in total. The SMILES string of the molecule is COC(=O)Oc1ccc2nc(-c3ccc(N(C)CCCC4CCN(C)CC4)nc3)[nH]c2c1. The molecule has 4 rings (SSSR count). The van der Waals surface area contributed by atoms with E-state index >= 15 is 0 Å². The highest BCUT2D eigenvalue weighted by molar-refractivity contribution is 5.81. The number of benzene rings is 1. The fraction of sp³-hybridized carbons (Fsp3) is 0.458. The summed E-state index contributed by atoms with van der Waals surface area (Å²) in [6, 6.07) is 9.27. The van der Waals surface area contributed by atoms with E-state index in [0.29, 0.717) is 5.75 Å². The van der Waals surface area contributed by atoms with E-state index in [1.165, 1.54) is 45.9 Å².